The van der Waals surface area contributed by atoms with Crippen LogP contribution in [0.3, 0.4) is 0 Å². The molecule has 0 atom stereocenters. The van der Waals surface area contributed by atoms with E-state index in [1.54, 1.807) is 29.2 Å². The van der Waals surface area contributed by atoms with Crippen molar-refractivity contribution in [2.24, 2.45) is 0 Å². The number of nitrogens with one attached hydrogen (secondary N) is 1. The Morgan fingerprint density at radius 2 is 2.05 bits per heavy atom. The first-order valence-electron chi connectivity index (χ1n) is 6.70. The molecular formula is C15H20N2O2S2. The monoisotopic (exact) mass is 324 g/mol. The number of nitrogens with zero attached hydrogens (tertiary/aromatic N) is 1. The van der Waals surface area contributed by atoms with Crippen LogP contribution in [-0.4, -0.2) is 15.8 Å². The van der Waals surface area contributed by atoms with Gasteiger partial charge in [0, 0.05) is 11.5 Å². The number of hydrogen-bond donors (Lipinski definition) is 1. The highest BCUT2D eigenvalue weighted by Crippen LogP contribution is 2.36. The fraction of sp³-hybridized carbons (Fsp3) is 0.467. The zero-order valence-corrected chi connectivity index (χ0v) is 14.5. The number of carbonyl (C=O) groups is 1. The topological polar surface area (TPSA) is 55.1 Å². The normalized spacial score (nSPS) is 12.4. The molecule has 0 aliphatic rings. The lowest BCUT2D eigenvalue weighted by Crippen LogP contribution is -2.33. The first-order valence-corrected chi connectivity index (χ1v) is 8.39. The Hall–Kier alpha value is -1.27. The summed E-state index contributed by atoms with van der Waals surface area (Å²) in [6, 6.07) is 5.77. The summed E-state index contributed by atoms with van der Waals surface area (Å²) in [5.74, 6) is 1.13. The number of aromatic nitrogens is 1. The van der Waals surface area contributed by atoms with E-state index in [1.165, 1.54) is 0 Å². The molecule has 0 spiro atoms. The molecule has 1 amide bonds. The predicted molar refractivity (Wildman–Crippen MR) is 88.1 cm³/mol. The number of thiophene rings is 1. The van der Waals surface area contributed by atoms with Crippen LogP contribution in [0.4, 0.5) is 5.82 Å². The predicted octanol–water partition coefficient (Wildman–Crippen LogP) is 4.54. The lowest BCUT2D eigenvalue weighted by atomic mass is 9.93. The Kier molecular flexibility index (Phi) is 4.49. The molecule has 0 radical (unpaired) electrons. The van der Waals surface area contributed by atoms with Crippen LogP contribution >= 0.6 is 23.1 Å². The molecular weight excluding hydrogens is 304 g/mol. The fourth-order valence-electron chi connectivity index (χ4n) is 1.57. The molecule has 0 aromatic carbocycles. The maximum Gasteiger partial charge on any atom is 0.241 e. The Balaban J connectivity index is 2.05. The van der Waals surface area contributed by atoms with Gasteiger partial charge in [-0.25, -0.2) is 0 Å². The van der Waals surface area contributed by atoms with Crippen LogP contribution in [0.1, 0.15) is 40.4 Å². The first kappa shape index (κ1) is 16.1. The summed E-state index contributed by atoms with van der Waals surface area (Å²) in [6.45, 7) is 9.91. The molecule has 0 fully saturated rings. The number of amides is 1. The molecule has 2 aromatic heterocycles. The second-order valence-electron chi connectivity index (χ2n) is 6.32. The van der Waals surface area contributed by atoms with Crippen LogP contribution in [0.2, 0.25) is 0 Å². The van der Waals surface area contributed by atoms with Gasteiger partial charge >= 0.3 is 0 Å². The summed E-state index contributed by atoms with van der Waals surface area (Å²) in [5, 5.41) is 8.75. The van der Waals surface area contributed by atoms with Crippen LogP contribution in [0.15, 0.2) is 32.3 Å². The third-order valence-corrected chi connectivity index (χ3v) is 5.12. The van der Waals surface area contributed by atoms with Crippen molar-refractivity contribution in [2.45, 2.75) is 49.0 Å². The molecule has 0 aliphatic heterocycles. The van der Waals surface area contributed by atoms with E-state index in [0.29, 0.717) is 5.82 Å². The molecule has 0 unspecified atom stereocenters. The van der Waals surface area contributed by atoms with Crippen molar-refractivity contribution < 1.29 is 9.32 Å². The van der Waals surface area contributed by atoms with Gasteiger partial charge in [0.25, 0.3) is 0 Å². The molecule has 0 saturated carbocycles. The molecule has 0 aliphatic carbocycles. The van der Waals surface area contributed by atoms with E-state index < -0.39 is 4.75 Å². The average molecular weight is 324 g/mol. The summed E-state index contributed by atoms with van der Waals surface area (Å²) >= 11 is 3.17. The van der Waals surface area contributed by atoms with E-state index in [1.807, 2.05) is 52.1 Å². The zero-order chi connectivity index (χ0) is 15.7. The van der Waals surface area contributed by atoms with Gasteiger partial charge in [0.1, 0.15) is 5.76 Å². The summed E-state index contributed by atoms with van der Waals surface area (Å²) in [7, 11) is 0. The number of anilines is 1. The lowest BCUT2D eigenvalue weighted by molar-refractivity contribution is -0.117. The molecule has 2 aromatic rings. The maximum absolute atomic E-state index is 12.4. The molecule has 2 rings (SSSR count). The quantitative estimate of drug-likeness (QED) is 0.839. The molecule has 4 nitrogen and oxygen atoms in total. The van der Waals surface area contributed by atoms with Gasteiger partial charge in [0.05, 0.1) is 8.96 Å². The van der Waals surface area contributed by atoms with Crippen molar-refractivity contribution >= 4 is 34.8 Å². The SMILES string of the molecule is CC(C)(Sc1cccs1)C(=O)Nc1cc(C(C)(C)C)on1. The highest BCUT2D eigenvalue weighted by Gasteiger charge is 2.30. The third kappa shape index (κ3) is 4.11. The number of rotatable bonds is 4. The van der Waals surface area contributed by atoms with Gasteiger partial charge < -0.3 is 9.84 Å². The Bertz CT molecular complexity index is 610. The van der Waals surface area contributed by atoms with E-state index in [9.17, 15) is 4.79 Å². The zero-order valence-electron chi connectivity index (χ0n) is 12.9. The van der Waals surface area contributed by atoms with Crippen molar-refractivity contribution in [3.05, 3.63) is 29.3 Å². The number of carbonyl (C=O) groups excluding carboxylic acids is 1. The van der Waals surface area contributed by atoms with Crippen LogP contribution in [0, 0.1) is 0 Å². The van der Waals surface area contributed by atoms with Gasteiger partial charge in [-0.1, -0.05) is 43.8 Å². The van der Waals surface area contributed by atoms with Crippen molar-refractivity contribution in [3.63, 3.8) is 0 Å². The van der Waals surface area contributed by atoms with Crippen LogP contribution in [-0.2, 0) is 10.2 Å². The number of thioether (sulfide) groups is 1. The molecule has 2 heterocycles. The highest BCUT2D eigenvalue weighted by molar-refractivity contribution is 8.03. The van der Waals surface area contributed by atoms with Gasteiger partial charge in [-0.15, -0.1) is 11.3 Å². The van der Waals surface area contributed by atoms with Gasteiger partial charge in [-0.2, -0.15) is 0 Å². The Morgan fingerprint density at radius 1 is 1.33 bits per heavy atom. The van der Waals surface area contributed by atoms with Crippen LogP contribution < -0.4 is 5.32 Å². The van der Waals surface area contributed by atoms with Gasteiger partial charge in [0.2, 0.25) is 5.91 Å². The van der Waals surface area contributed by atoms with Crippen LogP contribution in [0.25, 0.3) is 0 Å². The van der Waals surface area contributed by atoms with Crippen LogP contribution in [0.5, 0.6) is 0 Å². The van der Waals surface area contributed by atoms with Crippen molar-refractivity contribution in [1.29, 1.82) is 0 Å². The van der Waals surface area contributed by atoms with E-state index in [-0.39, 0.29) is 11.3 Å². The summed E-state index contributed by atoms with van der Waals surface area (Å²) in [6.07, 6.45) is 0. The smallest absolute Gasteiger partial charge is 0.241 e. The minimum absolute atomic E-state index is 0.0883. The standard InChI is InChI=1S/C15H20N2O2S2/c1-14(2,3)10-9-11(17-19-10)16-13(18)15(4,5)21-12-7-6-8-20-12/h6-9H,1-5H3,(H,16,17,18). The maximum atomic E-state index is 12.4. The largest absolute Gasteiger partial charge is 0.359 e. The Morgan fingerprint density at radius 3 is 2.57 bits per heavy atom. The van der Waals surface area contributed by atoms with Crippen molar-refractivity contribution in [3.8, 4) is 0 Å². The summed E-state index contributed by atoms with van der Waals surface area (Å²) < 4.78 is 5.82. The fourth-order valence-corrected chi connectivity index (χ4v) is 3.80. The van der Waals surface area contributed by atoms with Gasteiger partial charge in [-0.3, -0.25) is 4.79 Å². The number of hydrogen-bond acceptors (Lipinski definition) is 5. The molecule has 1 N–H and O–H groups in total. The molecule has 6 heteroatoms. The van der Waals surface area contributed by atoms with E-state index >= 15 is 0 Å². The first-order chi connectivity index (χ1) is 9.68. The molecule has 0 saturated heterocycles. The molecule has 0 bridgehead atoms. The lowest BCUT2D eigenvalue weighted by Gasteiger charge is -2.21. The van der Waals surface area contributed by atoms with E-state index in [2.05, 4.69) is 10.5 Å². The summed E-state index contributed by atoms with van der Waals surface area (Å²) in [5.41, 5.74) is -0.128. The average Bonchev–Trinajstić information content (AvgIpc) is 2.98. The van der Waals surface area contributed by atoms with Crippen molar-refractivity contribution in [1.82, 2.24) is 5.16 Å². The second kappa shape index (κ2) is 5.85. The van der Waals surface area contributed by atoms with Gasteiger partial charge in [-0.05, 0) is 25.3 Å². The molecule has 114 valence electrons. The minimum atomic E-state index is -0.578. The third-order valence-electron chi connectivity index (χ3n) is 2.89. The molecule has 21 heavy (non-hydrogen) atoms. The minimum Gasteiger partial charge on any atom is -0.359 e. The highest BCUT2D eigenvalue weighted by atomic mass is 32.2. The second-order valence-corrected chi connectivity index (χ2v) is 9.20. The van der Waals surface area contributed by atoms with E-state index in [4.69, 9.17) is 4.52 Å². The van der Waals surface area contributed by atoms with Crippen molar-refractivity contribution in [2.75, 3.05) is 5.32 Å². The Labute approximate surface area is 133 Å². The summed E-state index contributed by atoms with van der Waals surface area (Å²) in [4.78, 5) is 12.4. The van der Waals surface area contributed by atoms with E-state index in [0.717, 1.165) is 9.97 Å². The van der Waals surface area contributed by atoms with Gasteiger partial charge in [0.15, 0.2) is 5.82 Å².